The number of carbonyl (C=O) groups excluding carboxylic acids is 2. The van der Waals surface area contributed by atoms with Crippen molar-refractivity contribution >= 4 is 79.4 Å². The van der Waals surface area contributed by atoms with Crippen LogP contribution in [0, 0.1) is 0 Å². The molecule has 1 saturated heterocycles. The molecule has 2 amide bonds. The van der Waals surface area contributed by atoms with Gasteiger partial charge in [0.1, 0.15) is 6.04 Å². The third-order valence-electron chi connectivity index (χ3n) is 5.14. The highest BCUT2D eigenvalue weighted by Gasteiger charge is 2.53. The van der Waals surface area contributed by atoms with Gasteiger partial charge in [-0.3, -0.25) is 18.9 Å². The van der Waals surface area contributed by atoms with Crippen molar-refractivity contribution in [2.75, 3.05) is 11.5 Å². The summed E-state index contributed by atoms with van der Waals surface area (Å²) in [7, 11) is -1.31. The van der Waals surface area contributed by atoms with E-state index >= 15 is 0 Å². The van der Waals surface area contributed by atoms with Gasteiger partial charge in [0.15, 0.2) is 0 Å². The van der Waals surface area contributed by atoms with Crippen LogP contribution in [0.3, 0.4) is 0 Å². The summed E-state index contributed by atoms with van der Waals surface area (Å²) in [6, 6.07) is 7.73. The molecule has 33 heavy (non-hydrogen) atoms. The van der Waals surface area contributed by atoms with Gasteiger partial charge in [0.2, 0.25) is 5.91 Å². The van der Waals surface area contributed by atoms with Crippen LogP contribution < -0.4 is 5.32 Å². The molecule has 2 N–H and O–H groups in total. The summed E-state index contributed by atoms with van der Waals surface area (Å²) in [6.07, 6.45) is 4.59. The average molecular weight is 545 g/mol. The molecule has 2 aliphatic rings. The second-order valence-corrected chi connectivity index (χ2v) is 12.0. The molecule has 0 bridgehead atoms. The molecule has 3 atom stereocenters. The third-order valence-corrected chi connectivity index (χ3v) is 10.2. The van der Waals surface area contributed by atoms with Crippen molar-refractivity contribution in [2.24, 2.45) is 0 Å². The summed E-state index contributed by atoms with van der Waals surface area (Å²) < 4.78 is 1.43. The summed E-state index contributed by atoms with van der Waals surface area (Å²) in [5.41, 5.74) is 0. The maximum atomic E-state index is 12.8. The molecule has 1 fully saturated rings. The van der Waals surface area contributed by atoms with Crippen molar-refractivity contribution in [3.8, 4) is 0 Å². The Morgan fingerprint density at radius 2 is 1.97 bits per heavy atom. The van der Waals surface area contributed by atoms with Gasteiger partial charge in [-0.25, -0.2) is 4.79 Å². The van der Waals surface area contributed by atoms with Gasteiger partial charge in [0.25, 0.3) is 5.91 Å². The SMILES string of the molecule is O=C(CSc1cc(Cl)ccc1Cl)N[C@H]1C(=O)N2[C@@H]1CCC(CSc1ccncc1)=S2C(=O)O. The van der Waals surface area contributed by atoms with Crippen LogP contribution in [0.4, 0.5) is 4.79 Å². The Hall–Kier alpha value is -1.72. The smallest absolute Gasteiger partial charge is 0.378 e. The molecule has 2 aromatic rings. The monoisotopic (exact) mass is 543 g/mol. The van der Waals surface area contributed by atoms with Crippen LogP contribution in [0.25, 0.3) is 0 Å². The molecular weight excluding hydrogens is 525 g/mol. The van der Waals surface area contributed by atoms with E-state index < -0.39 is 22.0 Å². The lowest BCUT2D eigenvalue weighted by atomic mass is 9.93. The Morgan fingerprint density at radius 1 is 1.21 bits per heavy atom. The van der Waals surface area contributed by atoms with Gasteiger partial charge in [-0.1, -0.05) is 23.2 Å². The molecule has 1 aromatic carbocycles. The first-order valence-electron chi connectivity index (χ1n) is 9.90. The van der Waals surface area contributed by atoms with Crippen LogP contribution >= 0.6 is 57.4 Å². The normalized spacial score (nSPS) is 21.9. The van der Waals surface area contributed by atoms with E-state index in [9.17, 15) is 19.5 Å². The highest BCUT2D eigenvalue weighted by atomic mass is 35.5. The second kappa shape index (κ2) is 10.7. The fraction of sp³-hybridized carbons (Fsp3) is 0.286. The number of thioether (sulfide) groups is 2. The van der Waals surface area contributed by atoms with Crippen molar-refractivity contribution in [1.82, 2.24) is 14.6 Å². The standard InChI is InChI=1S/C21H19Cl2N3O4S3/c22-12-1-3-15(23)17(9-12)32-11-18(27)25-19-16-4-2-14(10-31-13-5-7-24-8-6-13)33(21(29)30)26(16)20(19)28/h1,3,5-9,16,19H,2,4,10-11H2,(H,25,27)(H,29,30)/t16-,19-,33?/m1/s1. The number of rotatable bonds is 7. The van der Waals surface area contributed by atoms with Crippen LogP contribution in [0.2, 0.25) is 10.0 Å². The summed E-state index contributed by atoms with van der Waals surface area (Å²) in [4.78, 5) is 43.8. The number of carbonyl (C=O) groups is 3. The van der Waals surface area contributed by atoms with E-state index in [0.29, 0.717) is 33.5 Å². The highest BCUT2D eigenvalue weighted by Crippen LogP contribution is 2.43. The molecule has 4 rings (SSSR count). The summed E-state index contributed by atoms with van der Waals surface area (Å²) in [6.45, 7) is 0. The molecule has 174 valence electrons. The van der Waals surface area contributed by atoms with Crippen LogP contribution in [0.5, 0.6) is 0 Å². The molecular formula is C21H19Cl2N3O4S3. The third kappa shape index (κ3) is 5.51. The van der Waals surface area contributed by atoms with E-state index in [0.717, 1.165) is 9.76 Å². The largest absolute Gasteiger partial charge is 0.472 e. The van der Waals surface area contributed by atoms with Gasteiger partial charge in [0.05, 0.1) is 16.8 Å². The zero-order chi connectivity index (χ0) is 23.5. The number of amides is 2. The fourth-order valence-corrected chi connectivity index (χ4v) is 8.12. The van der Waals surface area contributed by atoms with Crippen LogP contribution in [-0.2, 0) is 9.59 Å². The minimum absolute atomic E-state index is 0.0706. The van der Waals surface area contributed by atoms with Crippen LogP contribution in [-0.4, -0.2) is 60.0 Å². The van der Waals surface area contributed by atoms with E-state index in [-0.39, 0.29) is 23.6 Å². The zero-order valence-corrected chi connectivity index (χ0v) is 21.0. The quantitative estimate of drug-likeness (QED) is 0.294. The maximum absolute atomic E-state index is 12.8. The Kier molecular flexibility index (Phi) is 7.91. The van der Waals surface area contributed by atoms with E-state index in [1.165, 1.54) is 27.8 Å². The molecule has 1 unspecified atom stereocenters. The Bertz CT molecular complexity index is 1130. The van der Waals surface area contributed by atoms with Gasteiger partial charge in [-0.15, -0.1) is 23.5 Å². The Labute approximate surface area is 211 Å². The average Bonchev–Trinajstić information content (AvgIpc) is 2.81. The van der Waals surface area contributed by atoms with Crippen LogP contribution in [0.15, 0.2) is 52.5 Å². The number of β-lactam (4-membered cyclic amide) rings is 1. The van der Waals surface area contributed by atoms with E-state index in [1.54, 1.807) is 30.6 Å². The molecule has 7 nitrogen and oxygen atoms in total. The maximum Gasteiger partial charge on any atom is 0.378 e. The van der Waals surface area contributed by atoms with Crippen molar-refractivity contribution in [3.63, 3.8) is 0 Å². The van der Waals surface area contributed by atoms with E-state index in [2.05, 4.69) is 10.3 Å². The predicted octanol–water partition coefficient (Wildman–Crippen LogP) is 4.80. The fourth-order valence-electron chi connectivity index (χ4n) is 3.61. The lowest BCUT2D eigenvalue weighted by Crippen LogP contribution is -2.70. The number of hydrogen-bond acceptors (Lipinski definition) is 6. The van der Waals surface area contributed by atoms with Gasteiger partial charge < -0.3 is 10.4 Å². The van der Waals surface area contributed by atoms with Gasteiger partial charge in [0, 0.05) is 43.6 Å². The molecule has 3 heterocycles. The lowest BCUT2D eigenvalue weighted by molar-refractivity contribution is -0.144. The molecule has 0 radical (unpaired) electrons. The number of nitrogens with one attached hydrogen (secondary N) is 1. The zero-order valence-electron chi connectivity index (χ0n) is 17.1. The molecule has 1 aromatic heterocycles. The first-order valence-corrected chi connectivity index (χ1v) is 13.8. The van der Waals surface area contributed by atoms with E-state index in [1.807, 2.05) is 12.1 Å². The molecule has 2 aliphatic heterocycles. The Morgan fingerprint density at radius 3 is 2.70 bits per heavy atom. The second-order valence-electron chi connectivity index (χ2n) is 7.24. The highest BCUT2D eigenvalue weighted by molar-refractivity contribution is 8.27. The molecule has 0 saturated carbocycles. The minimum Gasteiger partial charge on any atom is -0.472 e. The molecule has 12 heteroatoms. The molecule has 0 spiro atoms. The van der Waals surface area contributed by atoms with Crippen molar-refractivity contribution in [3.05, 3.63) is 52.8 Å². The number of nitrogens with zero attached hydrogens (tertiary/aromatic N) is 2. The lowest BCUT2D eigenvalue weighted by Gasteiger charge is -2.50. The predicted molar refractivity (Wildman–Crippen MR) is 135 cm³/mol. The van der Waals surface area contributed by atoms with Gasteiger partial charge in [-0.2, -0.15) is 0 Å². The van der Waals surface area contributed by atoms with Gasteiger partial charge in [-0.05, 0) is 48.0 Å². The number of aromatic nitrogens is 1. The summed E-state index contributed by atoms with van der Waals surface area (Å²) in [5.74, 6) is -0.0752. The van der Waals surface area contributed by atoms with Gasteiger partial charge >= 0.3 is 5.30 Å². The first kappa shape index (κ1) is 24.4. The number of halogens is 2. The summed E-state index contributed by atoms with van der Waals surface area (Å²) >= 11 is 14.9. The van der Waals surface area contributed by atoms with Crippen molar-refractivity contribution in [2.45, 2.75) is 34.7 Å². The number of carboxylic acid groups (broad SMARTS) is 1. The van der Waals surface area contributed by atoms with E-state index in [4.69, 9.17) is 23.2 Å². The number of fused-ring (bicyclic) bond motifs is 1. The minimum atomic E-state index is -1.31. The van der Waals surface area contributed by atoms with Crippen molar-refractivity contribution < 1.29 is 19.5 Å². The number of benzene rings is 1. The topological polar surface area (TPSA) is 99.6 Å². The first-order chi connectivity index (χ1) is 15.8. The van der Waals surface area contributed by atoms with Crippen molar-refractivity contribution in [1.29, 1.82) is 0 Å². The summed E-state index contributed by atoms with van der Waals surface area (Å²) in [5, 5.41) is 12.6. The Balaban J connectivity index is 1.38. The molecule has 0 aliphatic carbocycles. The number of pyridine rings is 1. The van der Waals surface area contributed by atoms with Crippen LogP contribution in [0.1, 0.15) is 12.8 Å². The number of hydrogen-bond donors (Lipinski definition) is 2.